The van der Waals surface area contributed by atoms with Crippen LogP contribution in [0.4, 0.5) is 0 Å². The predicted octanol–water partition coefficient (Wildman–Crippen LogP) is 2.84. The van der Waals surface area contributed by atoms with E-state index in [9.17, 15) is 9.59 Å². The lowest BCUT2D eigenvalue weighted by molar-refractivity contribution is -0.135. The lowest BCUT2D eigenvalue weighted by Gasteiger charge is -2.12. The van der Waals surface area contributed by atoms with Crippen LogP contribution in [0.1, 0.15) is 22.8 Å². The van der Waals surface area contributed by atoms with E-state index in [1.807, 2.05) is 0 Å². The van der Waals surface area contributed by atoms with Crippen LogP contribution in [-0.2, 0) is 4.79 Å². The molecule has 0 saturated carbocycles. The van der Waals surface area contributed by atoms with Gasteiger partial charge in [0, 0.05) is 16.1 Å². The maximum atomic E-state index is 12.3. The molecular formula is C16H14ClNO4. The van der Waals surface area contributed by atoms with Crippen LogP contribution >= 0.6 is 11.6 Å². The van der Waals surface area contributed by atoms with Crippen molar-refractivity contribution in [3.8, 4) is 5.75 Å². The number of nitrogens with one attached hydrogen (secondary N) is 1. The number of carbonyl (C=O) groups is 2. The van der Waals surface area contributed by atoms with Gasteiger partial charge in [-0.05, 0) is 55.5 Å². The van der Waals surface area contributed by atoms with E-state index < -0.39 is 12.0 Å². The van der Waals surface area contributed by atoms with Gasteiger partial charge in [0.25, 0.3) is 5.91 Å². The highest BCUT2D eigenvalue weighted by molar-refractivity contribution is 6.30. The topological polar surface area (TPSA) is 75.6 Å². The minimum atomic E-state index is -0.845. The monoisotopic (exact) mass is 319 g/mol. The Hall–Kier alpha value is -2.37. The molecule has 0 fully saturated rings. The molecule has 0 aliphatic rings. The molecule has 2 N–H and O–H groups in total. The zero-order valence-corrected chi connectivity index (χ0v) is 12.5. The van der Waals surface area contributed by atoms with Gasteiger partial charge in [0.2, 0.25) is 0 Å². The number of ether oxygens (including phenoxy) is 1. The minimum absolute atomic E-state index is 0.135. The second-order valence-corrected chi connectivity index (χ2v) is 5.03. The number of ketones is 1. The number of hydrogen-bond acceptors (Lipinski definition) is 4. The van der Waals surface area contributed by atoms with E-state index >= 15 is 0 Å². The third-order valence-electron chi connectivity index (χ3n) is 3.02. The maximum absolute atomic E-state index is 12.3. The Kier molecular flexibility index (Phi) is 5.14. The lowest BCUT2D eigenvalue weighted by atomic mass is 10.0. The zero-order chi connectivity index (χ0) is 16.1. The van der Waals surface area contributed by atoms with Crippen LogP contribution in [0.5, 0.6) is 5.75 Å². The number of halogens is 1. The Balaban J connectivity index is 2.10. The van der Waals surface area contributed by atoms with Crippen molar-refractivity contribution in [2.45, 2.75) is 13.0 Å². The number of amides is 1. The quantitative estimate of drug-likeness (QED) is 0.505. The zero-order valence-electron chi connectivity index (χ0n) is 11.7. The molecule has 0 heterocycles. The first kappa shape index (κ1) is 16.0. The van der Waals surface area contributed by atoms with Gasteiger partial charge in [0.05, 0.1) is 0 Å². The summed E-state index contributed by atoms with van der Waals surface area (Å²) in [5.41, 5.74) is 2.54. The fourth-order valence-corrected chi connectivity index (χ4v) is 1.93. The van der Waals surface area contributed by atoms with Crippen LogP contribution in [-0.4, -0.2) is 23.0 Å². The molecule has 22 heavy (non-hydrogen) atoms. The standard InChI is InChI=1S/C16H14ClNO4/c1-10(16(20)18-21)22-14-8-4-12(5-9-14)15(19)11-2-6-13(17)7-3-11/h2-10,21H,1H3,(H,18,20). The van der Waals surface area contributed by atoms with Gasteiger partial charge < -0.3 is 4.74 Å². The van der Waals surface area contributed by atoms with E-state index in [1.54, 1.807) is 48.5 Å². The predicted molar refractivity (Wildman–Crippen MR) is 81.3 cm³/mol. The summed E-state index contributed by atoms with van der Waals surface area (Å²) in [6.45, 7) is 1.50. The molecular weight excluding hydrogens is 306 g/mol. The van der Waals surface area contributed by atoms with E-state index in [4.69, 9.17) is 21.5 Å². The van der Waals surface area contributed by atoms with Gasteiger partial charge in [-0.2, -0.15) is 0 Å². The Bertz CT molecular complexity index is 668. The summed E-state index contributed by atoms with van der Waals surface area (Å²) < 4.78 is 5.32. The van der Waals surface area contributed by atoms with Crippen LogP contribution in [0.25, 0.3) is 0 Å². The SMILES string of the molecule is CC(Oc1ccc(C(=O)c2ccc(Cl)cc2)cc1)C(=O)NO. The molecule has 2 aromatic carbocycles. The highest BCUT2D eigenvalue weighted by Gasteiger charge is 2.14. The first-order valence-corrected chi connectivity index (χ1v) is 6.90. The van der Waals surface area contributed by atoms with Gasteiger partial charge in [0.1, 0.15) is 5.75 Å². The average Bonchev–Trinajstić information content (AvgIpc) is 2.54. The first-order valence-electron chi connectivity index (χ1n) is 6.52. The van der Waals surface area contributed by atoms with Crippen molar-refractivity contribution in [3.05, 3.63) is 64.7 Å². The highest BCUT2D eigenvalue weighted by atomic mass is 35.5. The van der Waals surface area contributed by atoms with Crippen molar-refractivity contribution >= 4 is 23.3 Å². The number of hydroxylamine groups is 1. The average molecular weight is 320 g/mol. The van der Waals surface area contributed by atoms with Gasteiger partial charge >= 0.3 is 0 Å². The van der Waals surface area contributed by atoms with Crippen LogP contribution < -0.4 is 10.2 Å². The molecule has 114 valence electrons. The molecule has 0 aliphatic carbocycles. The van der Waals surface area contributed by atoms with Gasteiger partial charge in [-0.15, -0.1) is 0 Å². The van der Waals surface area contributed by atoms with Crippen LogP contribution in [0.2, 0.25) is 5.02 Å². The smallest absolute Gasteiger partial charge is 0.284 e. The van der Waals surface area contributed by atoms with Gasteiger partial charge in [0.15, 0.2) is 11.9 Å². The van der Waals surface area contributed by atoms with Gasteiger partial charge in [-0.3, -0.25) is 14.8 Å². The fourth-order valence-electron chi connectivity index (χ4n) is 1.80. The molecule has 0 saturated heterocycles. The number of carbonyl (C=O) groups excluding carboxylic acids is 2. The van der Waals surface area contributed by atoms with Crippen LogP contribution in [0, 0.1) is 0 Å². The molecule has 1 unspecified atom stereocenters. The van der Waals surface area contributed by atoms with Crippen LogP contribution in [0.3, 0.4) is 0 Å². The number of rotatable bonds is 5. The maximum Gasteiger partial charge on any atom is 0.284 e. The van der Waals surface area contributed by atoms with E-state index in [2.05, 4.69) is 0 Å². The molecule has 2 rings (SSSR count). The molecule has 0 spiro atoms. The molecule has 1 atom stereocenters. The molecule has 1 amide bonds. The molecule has 0 radical (unpaired) electrons. The van der Waals surface area contributed by atoms with E-state index in [-0.39, 0.29) is 5.78 Å². The normalized spacial score (nSPS) is 11.6. The van der Waals surface area contributed by atoms with Gasteiger partial charge in [-0.25, -0.2) is 5.48 Å². The summed E-state index contributed by atoms with van der Waals surface area (Å²) >= 11 is 5.79. The summed E-state index contributed by atoms with van der Waals surface area (Å²) in [6.07, 6.45) is -0.845. The molecule has 0 aromatic heterocycles. The Morgan fingerprint density at radius 2 is 1.55 bits per heavy atom. The largest absolute Gasteiger partial charge is 0.481 e. The fraction of sp³-hybridized carbons (Fsp3) is 0.125. The Labute approximate surface area is 132 Å². The second kappa shape index (κ2) is 7.06. The molecule has 2 aromatic rings. The van der Waals surface area contributed by atoms with Crippen molar-refractivity contribution in [2.24, 2.45) is 0 Å². The van der Waals surface area contributed by atoms with Crippen molar-refractivity contribution in [1.29, 1.82) is 0 Å². The van der Waals surface area contributed by atoms with Crippen molar-refractivity contribution in [1.82, 2.24) is 5.48 Å². The van der Waals surface area contributed by atoms with E-state index in [0.717, 1.165) is 0 Å². The van der Waals surface area contributed by atoms with E-state index in [0.29, 0.717) is 21.9 Å². The Morgan fingerprint density at radius 3 is 2.05 bits per heavy atom. The molecule has 0 bridgehead atoms. The summed E-state index contributed by atoms with van der Waals surface area (Å²) in [4.78, 5) is 23.4. The number of hydrogen-bond donors (Lipinski definition) is 2. The minimum Gasteiger partial charge on any atom is -0.481 e. The van der Waals surface area contributed by atoms with Crippen molar-refractivity contribution in [3.63, 3.8) is 0 Å². The van der Waals surface area contributed by atoms with E-state index in [1.165, 1.54) is 12.4 Å². The number of benzene rings is 2. The molecule has 6 heteroatoms. The summed E-state index contributed by atoms with van der Waals surface area (Å²) in [5.74, 6) is -0.366. The third-order valence-corrected chi connectivity index (χ3v) is 3.27. The van der Waals surface area contributed by atoms with Crippen molar-refractivity contribution < 1.29 is 19.5 Å². The summed E-state index contributed by atoms with van der Waals surface area (Å²) in [5, 5.41) is 9.08. The summed E-state index contributed by atoms with van der Waals surface area (Å²) in [7, 11) is 0. The van der Waals surface area contributed by atoms with Gasteiger partial charge in [-0.1, -0.05) is 11.6 Å². The van der Waals surface area contributed by atoms with Crippen molar-refractivity contribution in [2.75, 3.05) is 0 Å². The first-order chi connectivity index (χ1) is 10.5. The van der Waals surface area contributed by atoms with Crippen LogP contribution in [0.15, 0.2) is 48.5 Å². The molecule has 5 nitrogen and oxygen atoms in total. The summed E-state index contributed by atoms with van der Waals surface area (Å²) in [6, 6.07) is 13.0. The second-order valence-electron chi connectivity index (χ2n) is 4.60. The lowest BCUT2D eigenvalue weighted by Crippen LogP contribution is -2.34. The molecule has 0 aliphatic heterocycles. The third kappa shape index (κ3) is 3.84. The Morgan fingerprint density at radius 1 is 1.05 bits per heavy atom. The highest BCUT2D eigenvalue weighted by Crippen LogP contribution is 2.18.